The minimum absolute atomic E-state index is 0.406. The topological polar surface area (TPSA) is 247 Å². The number of aromatic nitrogens is 12. The minimum Gasteiger partial charge on any atom is -0.396 e. The van der Waals surface area contributed by atoms with Gasteiger partial charge in [-0.1, -0.05) is 20.9 Å². The summed E-state index contributed by atoms with van der Waals surface area (Å²) >= 11 is 0. The summed E-state index contributed by atoms with van der Waals surface area (Å²) < 4.78 is 0. The van der Waals surface area contributed by atoms with Crippen LogP contribution < -0.4 is 0 Å². The Morgan fingerprint density at radius 2 is 0.724 bits per heavy atom. The molecule has 0 aliphatic heterocycles. The Hall–Kier alpha value is -3.60. The van der Waals surface area contributed by atoms with Gasteiger partial charge in [0.15, 0.2) is 0 Å². The lowest BCUT2D eigenvalue weighted by Gasteiger charge is -2.23. The van der Waals surface area contributed by atoms with E-state index in [-0.39, 0.29) is 0 Å². The van der Waals surface area contributed by atoms with Gasteiger partial charge in [0.25, 0.3) is 0 Å². The molecule has 29 heavy (non-hydrogen) atoms. The third-order valence-corrected chi connectivity index (χ3v) is 2.67. The number of nitrogens with one attached hydrogen (secondary N) is 4. The third kappa shape index (κ3) is 15.2. The number of nitrogens with zero attached hydrogens (tertiary/aromatic N) is 8. The van der Waals surface area contributed by atoms with Crippen LogP contribution in [0.5, 0.6) is 0 Å². The maximum Gasteiger partial charge on any atom is 0.0690 e. The standard InChI is InChI=1S/C5H12O4.4C2H3N3/c6-1-5(2-7,3-8)4-9;4*1-2-4-5-3-1/h6-9H,1-4H2;4*1-2H,(H,3,4,5). The van der Waals surface area contributed by atoms with E-state index in [1.807, 2.05) is 0 Å². The molecule has 4 rings (SSSR count). The lowest BCUT2D eigenvalue weighted by molar-refractivity contribution is -0.0328. The molecule has 0 fully saturated rings. The second-order valence-corrected chi connectivity index (χ2v) is 4.77. The molecule has 0 saturated carbocycles. The normalized spacial score (nSPS) is 9.24. The molecule has 0 aliphatic rings. The summed E-state index contributed by atoms with van der Waals surface area (Å²) in [5.41, 5.74) is -1.11. The minimum atomic E-state index is -1.11. The molecule has 160 valence electrons. The van der Waals surface area contributed by atoms with E-state index in [0.717, 1.165) is 0 Å². The summed E-state index contributed by atoms with van der Waals surface area (Å²) in [6, 6.07) is 0. The molecule has 0 radical (unpaired) electrons. The zero-order valence-electron chi connectivity index (χ0n) is 15.3. The van der Waals surface area contributed by atoms with Gasteiger partial charge in [-0.15, -0.1) is 20.4 Å². The monoisotopic (exact) mass is 412 g/mol. The molecular formula is C13H24N12O4. The van der Waals surface area contributed by atoms with Crippen LogP contribution in [0.25, 0.3) is 0 Å². The van der Waals surface area contributed by atoms with Crippen LogP contribution in [0.4, 0.5) is 0 Å². The number of aromatic amines is 4. The van der Waals surface area contributed by atoms with Crippen molar-refractivity contribution >= 4 is 0 Å². The lowest BCUT2D eigenvalue weighted by Crippen LogP contribution is -2.37. The first-order valence-electron chi connectivity index (χ1n) is 7.89. The zero-order valence-corrected chi connectivity index (χ0v) is 15.3. The Labute approximate surface area is 164 Å². The van der Waals surface area contributed by atoms with Crippen LogP contribution in [0.3, 0.4) is 0 Å². The molecular weight excluding hydrogens is 388 g/mol. The van der Waals surface area contributed by atoms with Gasteiger partial charge in [0.05, 0.1) is 56.6 Å². The first-order chi connectivity index (χ1) is 14.2. The van der Waals surface area contributed by atoms with Gasteiger partial charge in [-0.2, -0.15) is 0 Å². The van der Waals surface area contributed by atoms with Crippen molar-refractivity contribution in [2.45, 2.75) is 0 Å². The summed E-state index contributed by atoms with van der Waals surface area (Å²) in [6.45, 7) is -1.62. The van der Waals surface area contributed by atoms with Crippen molar-refractivity contribution in [3.05, 3.63) is 49.6 Å². The molecule has 0 unspecified atom stereocenters. The van der Waals surface area contributed by atoms with Gasteiger partial charge in [0, 0.05) is 24.8 Å². The highest BCUT2D eigenvalue weighted by Crippen LogP contribution is 2.11. The zero-order chi connectivity index (χ0) is 21.5. The fourth-order valence-electron chi connectivity index (χ4n) is 0.967. The Kier molecular flexibility index (Phi) is 16.8. The summed E-state index contributed by atoms with van der Waals surface area (Å²) in [5.74, 6) is 0. The second-order valence-electron chi connectivity index (χ2n) is 4.77. The van der Waals surface area contributed by atoms with Gasteiger partial charge in [0.1, 0.15) is 0 Å². The molecule has 0 atom stereocenters. The highest BCUT2D eigenvalue weighted by Gasteiger charge is 2.26. The number of hydrogen-bond donors (Lipinski definition) is 8. The Morgan fingerprint density at radius 1 is 0.483 bits per heavy atom. The van der Waals surface area contributed by atoms with Crippen molar-refractivity contribution in [2.24, 2.45) is 5.41 Å². The molecule has 0 spiro atoms. The van der Waals surface area contributed by atoms with Gasteiger partial charge in [-0.3, -0.25) is 20.4 Å². The van der Waals surface area contributed by atoms with Gasteiger partial charge in [0.2, 0.25) is 0 Å². The van der Waals surface area contributed by atoms with Gasteiger partial charge < -0.3 is 20.4 Å². The highest BCUT2D eigenvalue weighted by molar-refractivity contribution is 4.74. The maximum absolute atomic E-state index is 8.50. The third-order valence-electron chi connectivity index (χ3n) is 2.67. The van der Waals surface area contributed by atoms with Crippen LogP contribution in [0, 0.1) is 5.41 Å². The Balaban J connectivity index is 0.000000345. The van der Waals surface area contributed by atoms with Gasteiger partial charge in [-0.05, 0) is 0 Å². The number of aliphatic hydroxyl groups is 4. The number of H-pyrrole nitrogens is 4. The molecule has 0 aromatic carbocycles. The lowest BCUT2D eigenvalue weighted by atomic mass is 9.93. The number of hydrogen-bond acceptors (Lipinski definition) is 12. The van der Waals surface area contributed by atoms with E-state index in [2.05, 4.69) is 61.6 Å². The quantitative estimate of drug-likeness (QED) is 0.169. The summed E-state index contributed by atoms with van der Waals surface area (Å²) in [5, 5.41) is 71.0. The van der Waals surface area contributed by atoms with Crippen molar-refractivity contribution in [3.63, 3.8) is 0 Å². The van der Waals surface area contributed by atoms with Crippen LogP contribution in [-0.2, 0) is 0 Å². The average molecular weight is 412 g/mol. The number of rotatable bonds is 4. The average Bonchev–Trinajstić information content (AvgIpc) is 3.64. The molecule has 0 amide bonds. The number of aliphatic hydroxyl groups excluding tert-OH is 4. The summed E-state index contributed by atoms with van der Waals surface area (Å²) in [4.78, 5) is 0. The van der Waals surface area contributed by atoms with Gasteiger partial charge >= 0.3 is 0 Å². The predicted molar refractivity (Wildman–Crippen MR) is 96.3 cm³/mol. The maximum atomic E-state index is 8.50. The molecule has 0 saturated heterocycles. The molecule has 4 aromatic rings. The van der Waals surface area contributed by atoms with E-state index in [0.29, 0.717) is 0 Å². The summed E-state index contributed by atoms with van der Waals surface area (Å²) in [6.07, 6.45) is 12.9. The van der Waals surface area contributed by atoms with E-state index < -0.39 is 31.8 Å². The first kappa shape index (κ1) is 25.4. The summed E-state index contributed by atoms with van der Waals surface area (Å²) in [7, 11) is 0. The Bertz CT molecular complexity index is 495. The molecule has 0 aliphatic carbocycles. The van der Waals surface area contributed by atoms with Crippen molar-refractivity contribution in [3.8, 4) is 0 Å². The van der Waals surface area contributed by atoms with Crippen molar-refractivity contribution in [2.75, 3.05) is 26.4 Å². The van der Waals surface area contributed by atoms with Crippen molar-refractivity contribution < 1.29 is 20.4 Å². The van der Waals surface area contributed by atoms with E-state index >= 15 is 0 Å². The molecule has 16 nitrogen and oxygen atoms in total. The van der Waals surface area contributed by atoms with E-state index in [1.165, 1.54) is 0 Å². The SMILES string of the molecule is OCC(CO)(CO)CO.c1c[nH]nn1.c1c[nH]nn1.c1c[nH]nn1.c1c[nH]nn1. The van der Waals surface area contributed by atoms with Crippen LogP contribution in [0.15, 0.2) is 49.6 Å². The van der Waals surface area contributed by atoms with Crippen LogP contribution >= 0.6 is 0 Å². The molecule has 0 bridgehead atoms. The predicted octanol–water partition coefficient (Wildman–Crippen LogP) is -2.84. The second kappa shape index (κ2) is 19.2. The van der Waals surface area contributed by atoms with E-state index in [1.54, 1.807) is 49.6 Å². The molecule has 8 N–H and O–H groups in total. The van der Waals surface area contributed by atoms with Crippen LogP contribution in [-0.4, -0.2) is 108 Å². The fourth-order valence-corrected chi connectivity index (χ4v) is 0.967. The molecule has 4 aromatic heterocycles. The first-order valence-corrected chi connectivity index (χ1v) is 7.89. The Morgan fingerprint density at radius 3 is 0.759 bits per heavy atom. The largest absolute Gasteiger partial charge is 0.396 e. The molecule has 4 heterocycles. The van der Waals surface area contributed by atoms with Crippen LogP contribution in [0.2, 0.25) is 0 Å². The van der Waals surface area contributed by atoms with Crippen LogP contribution in [0.1, 0.15) is 0 Å². The molecule has 16 heteroatoms. The van der Waals surface area contributed by atoms with Gasteiger partial charge in [-0.25, -0.2) is 0 Å². The van der Waals surface area contributed by atoms with Crippen molar-refractivity contribution in [1.82, 2.24) is 61.6 Å². The van der Waals surface area contributed by atoms with E-state index in [9.17, 15) is 0 Å². The van der Waals surface area contributed by atoms with Crippen molar-refractivity contribution in [1.29, 1.82) is 0 Å². The van der Waals surface area contributed by atoms with E-state index in [4.69, 9.17) is 20.4 Å². The fraction of sp³-hybridized carbons (Fsp3) is 0.385. The smallest absolute Gasteiger partial charge is 0.0690 e. The highest BCUT2D eigenvalue weighted by atomic mass is 16.3.